The number of rotatable bonds is 5. The van der Waals surface area contributed by atoms with Crippen molar-refractivity contribution in [2.24, 2.45) is 0 Å². The maximum Gasteiger partial charge on any atom is 0.329 e. The third-order valence-corrected chi connectivity index (χ3v) is 6.75. The maximum atomic E-state index is 13.0. The number of carbonyl (C=O) groups excluding carboxylic acids is 8. The van der Waals surface area contributed by atoms with Crippen LogP contribution in [0.4, 0.5) is 0 Å². The molecule has 1 aliphatic rings. The lowest BCUT2D eigenvalue weighted by molar-refractivity contribution is -0.154. The Hall–Kier alpha value is -6.66. The van der Waals surface area contributed by atoms with Crippen molar-refractivity contribution in [2.45, 2.75) is 19.0 Å². The fourth-order valence-corrected chi connectivity index (χ4v) is 4.24. The Balaban J connectivity index is 1.38. The van der Waals surface area contributed by atoms with Gasteiger partial charge in [0.15, 0.2) is 26.4 Å². The summed E-state index contributed by atoms with van der Waals surface area (Å²) in [6.45, 7) is -4.83. The molecule has 0 spiro atoms. The molecule has 2 aromatic heterocycles. The minimum absolute atomic E-state index is 0.0868. The van der Waals surface area contributed by atoms with Crippen LogP contribution in [0, 0.1) is 0 Å². The fraction of sp³-hybridized carbons (Fsp3) is 0.312. The van der Waals surface area contributed by atoms with Gasteiger partial charge in [0.05, 0.1) is 12.2 Å². The number of nitrogens with zero attached hydrogens (tertiary/aromatic N) is 3. The van der Waals surface area contributed by atoms with Gasteiger partial charge in [0.2, 0.25) is 0 Å². The summed E-state index contributed by atoms with van der Waals surface area (Å²) in [5, 5.41) is 13.3. The minimum Gasteiger partial charge on any atom is -0.454 e. The van der Waals surface area contributed by atoms with E-state index in [2.05, 4.69) is 36.1 Å². The molecule has 268 valence electrons. The maximum absolute atomic E-state index is 13.0. The van der Waals surface area contributed by atoms with Gasteiger partial charge in [-0.25, -0.2) is 4.79 Å². The van der Waals surface area contributed by atoms with Crippen LogP contribution < -0.4 is 21.3 Å². The normalized spacial score (nSPS) is 18.0. The molecule has 1 aliphatic heterocycles. The van der Waals surface area contributed by atoms with E-state index in [-0.39, 0.29) is 6.42 Å². The molecule has 0 saturated carbocycles. The Morgan fingerprint density at radius 3 is 1.73 bits per heavy atom. The highest BCUT2D eigenvalue weighted by Gasteiger charge is 2.25. The van der Waals surface area contributed by atoms with E-state index < -0.39 is 99.6 Å². The van der Waals surface area contributed by atoms with Gasteiger partial charge in [0.25, 0.3) is 23.6 Å². The van der Waals surface area contributed by atoms with Crippen LogP contribution in [0.3, 0.4) is 0 Å². The fourth-order valence-electron chi connectivity index (χ4n) is 4.24. The summed E-state index contributed by atoms with van der Waals surface area (Å²) in [4.78, 5) is 101. The van der Waals surface area contributed by atoms with E-state index in [1.165, 1.54) is 0 Å². The lowest BCUT2D eigenvalue weighted by atomic mass is 10.0. The molecule has 3 aromatic rings. The molecular weight excluding hydrogens is 674 g/mol. The molecule has 1 saturated heterocycles. The highest BCUT2D eigenvalue weighted by Crippen LogP contribution is 2.16. The lowest BCUT2D eigenvalue weighted by Gasteiger charge is -2.18. The van der Waals surface area contributed by atoms with Gasteiger partial charge in [-0.05, 0) is 29.3 Å². The van der Waals surface area contributed by atoms with Crippen LogP contribution in [0.25, 0.3) is 11.3 Å². The molecule has 1 aromatic carbocycles. The summed E-state index contributed by atoms with van der Waals surface area (Å²) in [6.07, 6.45) is 5.12. The van der Waals surface area contributed by atoms with Gasteiger partial charge in [-0.3, -0.25) is 43.2 Å². The van der Waals surface area contributed by atoms with Crippen molar-refractivity contribution in [1.29, 1.82) is 0 Å². The van der Waals surface area contributed by atoms with Crippen molar-refractivity contribution >= 4 is 47.5 Å². The van der Waals surface area contributed by atoms with E-state index in [9.17, 15) is 38.4 Å². The molecule has 0 radical (unpaired) electrons. The van der Waals surface area contributed by atoms with Crippen molar-refractivity contribution in [2.75, 3.05) is 46.1 Å². The highest BCUT2D eigenvalue weighted by molar-refractivity contribution is 5.90. The molecule has 4 amide bonds. The summed E-state index contributed by atoms with van der Waals surface area (Å²) in [5.74, 6) is -7.58. The zero-order valence-electron chi connectivity index (χ0n) is 27.0. The monoisotopic (exact) mass is 707 g/mol. The molecule has 19 heteroatoms. The van der Waals surface area contributed by atoms with Crippen molar-refractivity contribution in [3.63, 3.8) is 0 Å². The van der Waals surface area contributed by atoms with Crippen molar-refractivity contribution in [1.82, 2.24) is 36.0 Å². The predicted octanol–water partition coefficient (Wildman–Crippen LogP) is -2.44. The second-order valence-electron chi connectivity index (χ2n) is 10.7. The van der Waals surface area contributed by atoms with Gasteiger partial charge in [0.1, 0.15) is 25.7 Å². The number of hydrogen-bond donors (Lipinski definition) is 4. The minimum atomic E-state index is -1.34. The van der Waals surface area contributed by atoms with Gasteiger partial charge in [-0.1, -0.05) is 24.3 Å². The predicted molar refractivity (Wildman–Crippen MR) is 170 cm³/mol. The number of hydrogen-bond acceptors (Lipinski definition) is 14. The number of cyclic esters (lactones) is 4. The number of amides is 4. The van der Waals surface area contributed by atoms with Crippen molar-refractivity contribution in [3.05, 3.63) is 72.2 Å². The van der Waals surface area contributed by atoms with E-state index in [0.717, 1.165) is 16.8 Å². The molecule has 4 rings (SSSR count). The Labute approximate surface area is 289 Å². The number of nitrogens with one attached hydrogen (secondary N) is 4. The molecule has 4 N–H and O–H groups in total. The smallest absolute Gasteiger partial charge is 0.329 e. The standard InChI is InChI=1S/C32H33N7O12/c40-25-16-49-30(45)13-36-27(42)18-51-32(47)24(37-28(43)19-50-31(46)14-35-26(41)17-48-29(44)12-34-25)10-20-3-5-21(6-4-20)15-39-9-7-23(38-39)22-2-1-8-33-11-22/h1-9,11,24H,10,12-19H2,(H,34,40)(H,35,41)(H,36,42)(H,37,43). The number of carbonyl (C=O) groups is 8. The van der Waals surface area contributed by atoms with Gasteiger partial charge in [0, 0.05) is 30.6 Å². The van der Waals surface area contributed by atoms with Crippen LogP contribution in [0.5, 0.6) is 0 Å². The summed E-state index contributed by atoms with van der Waals surface area (Å²) in [5.41, 5.74) is 3.11. The summed E-state index contributed by atoms with van der Waals surface area (Å²) in [6, 6.07) is 11.3. The van der Waals surface area contributed by atoms with Crippen molar-refractivity contribution < 1.29 is 57.3 Å². The van der Waals surface area contributed by atoms with E-state index in [1.54, 1.807) is 41.3 Å². The number of esters is 4. The number of benzene rings is 1. The number of pyridine rings is 1. The molecule has 0 bridgehead atoms. The number of ether oxygens (including phenoxy) is 4. The molecule has 3 heterocycles. The van der Waals surface area contributed by atoms with E-state index in [4.69, 9.17) is 14.2 Å². The van der Waals surface area contributed by atoms with Crippen LogP contribution in [-0.4, -0.2) is 114 Å². The largest absolute Gasteiger partial charge is 0.454 e. The van der Waals surface area contributed by atoms with Crippen molar-refractivity contribution in [3.8, 4) is 11.3 Å². The topological polar surface area (TPSA) is 252 Å². The van der Waals surface area contributed by atoms with E-state index >= 15 is 0 Å². The van der Waals surface area contributed by atoms with Gasteiger partial charge < -0.3 is 40.2 Å². The van der Waals surface area contributed by atoms with E-state index in [0.29, 0.717) is 12.1 Å². The summed E-state index contributed by atoms with van der Waals surface area (Å²) in [7, 11) is 0. The van der Waals surface area contributed by atoms with Gasteiger partial charge in [-0.2, -0.15) is 5.10 Å². The SMILES string of the molecule is O=C1COC(=O)CNC(=O)COC(=O)C(Cc2ccc(Cn3ccc(-c4cccnc4)n3)cc2)NC(=O)COC(=O)CNC(=O)COC(=O)CN1. The zero-order chi connectivity index (χ0) is 36.6. The first-order chi connectivity index (χ1) is 24.5. The average Bonchev–Trinajstić information content (AvgIpc) is 3.60. The van der Waals surface area contributed by atoms with Gasteiger partial charge >= 0.3 is 23.9 Å². The second kappa shape index (κ2) is 18.8. The first kappa shape index (κ1) is 37.2. The molecule has 1 atom stereocenters. The lowest BCUT2D eigenvalue weighted by Crippen LogP contribution is -2.46. The Kier molecular flexibility index (Phi) is 13.7. The van der Waals surface area contributed by atoms with Gasteiger partial charge in [-0.15, -0.1) is 0 Å². The van der Waals surface area contributed by atoms with Crippen LogP contribution in [-0.2, 0) is 70.3 Å². The van der Waals surface area contributed by atoms with Crippen LogP contribution >= 0.6 is 0 Å². The van der Waals surface area contributed by atoms with E-state index in [1.807, 2.05) is 24.4 Å². The molecule has 1 unspecified atom stereocenters. The van der Waals surface area contributed by atoms with Crippen LogP contribution in [0.2, 0.25) is 0 Å². The second-order valence-corrected chi connectivity index (χ2v) is 10.7. The molecular formula is C32H33N7O12. The molecule has 19 nitrogen and oxygen atoms in total. The molecule has 1 fully saturated rings. The summed E-state index contributed by atoms with van der Waals surface area (Å²) < 4.78 is 21.0. The first-order valence-electron chi connectivity index (χ1n) is 15.3. The Morgan fingerprint density at radius 2 is 1.18 bits per heavy atom. The quantitative estimate of drug-likeness (QED) is 0.159. The zero-order valence-corrected chi connectivity index (χ0v) is 27.0. The third-order valence-electron chi connectivity index (χ3n) is 6.75. The van der Waals surface area contributed by atoms with Crippen LogP contribution in [0.1, 0.15) is 11.1 Å². The molecule has 51 heavy (non-hydrogen) atoms. The van der Waals surface area contributed by atoms with Crippen LogP contribution in [0.15, 0.2) is 61.1 Å². The molecule has 0 aliphatic carbocycles. The first-order valence-corrected chi connectivity index (χ1v) is 15.3. The Morgan fingerprint density at radius 1 is 0.647 bits per heavy atom. The summed E-state index contributed by atoms with van der Waals surface area (Å²) >= 11 is 0. The highest BCUT2D eigenvalue weighted by atomic mass is 16.6. The third kappa shape index (κ3) is 13.0. The average molecular weight is 708 g/mol. The Bertz CT molecular complexity index is 1740. The number of aromatic nitrogens is 3.